The minimum absolute atomic E-state index is 0. The van der Waals surface area contributed by atoms with E-state index in [0.717, 1.165) is 29.6 Å². The van der Waals surface area contributed by atoms with Crippen LogP contribution in [-0.2, 0) is 6.42 Å². The topological polar surface area (TPSA) is 15.3 Å². The summed E-state index contributed by atoms with van der Waals surface area (Å²) in [4.78, 5) is 2.46. The minimum atomic E-state index is 0. The highest BCUT2D eigenvalue weighted by Crippen LogP contribution is 2.40. The van der Waals surface area contributed by atoms with E-state index in [1.165, 1.54) is 11.3 Å². The van der Waals surface area contributed by atoms with Gasteiger partial charge in [0.1, 0.15) is 0 Å². The first-order chi connectivity index (χ1) is 7.66. The fourth-order valence-electron chi connectivity index (χ4n) is 2.88. The lowest BCUT2D eigenvalue weighted by Crippen LogP contribution is -2.54. The highest BCUT2D eigenvalue weighted by Gasteiger charge is 2.36. The van der Waals surface area contributed by atoms with Crippen molar-refractivity contribution in [2.45, 2.75) is 25.4 Å². The van der Waals surface area contributed by atoms with E-state index in [1.54, 1.807) is 0 Å². The van der Waals surface area contributed by atoms with Gasteiger partial charge in [-0.05, 0) is 31.0 Å². The van der Waals surface area contributed by atoms with Gasteiger partial charge in [-0.15, -0.1) is 12.4 Å². The summed E-state index contributed by atoms with van der Waals surface area (Å²) in [6.45, 7) is 4.30. The Morgan fingerprint density at radius 2 is 2.06 bits per heavy atom. The van der Waals surface area contributed by atoms with Crippen LogP contribution in [-0.4, -0.2) is 25.2 Å². The molecule has 3 rings (SSSR count). The van der Waals surface area contributed by atoms with E-state index in [1.807, 2.05) is 12.1 Å². The number of piperazine rings is 1. The maximum Gasteiger partial charge on any atom is 0.0474 e. The molecule has 0 amide bonds. The van der Waals surface area contributed by atoms with Gasteiger partial charge >= 0.3 is 0 Å². The van der Waals surface area contributed by atoms with Crippen molar-refractivity contribution in [2.24, 2.45) is 0 Å². The zero-order valence-electron chi connectivity index (χ0n) is 9.54. The predicted molar refractivity (Wildman–Crippen MR) is 76.0 cm³/mol. The Morgan fingerprint density at radius 3 is 2.82 bits per heavy atom. The molecule has 0 spiro atoms. The molecular weight excluding hydrogens is 279 g/mol. The summed E-state index contributed by atoms with van der Waals surface area (Å²) in [6, 6.07) is 4.94. The molecule has 2 aliphatic heterocycles. The van der Waals surface area contributed by atoms with E-state index in [0.29, 0.717) is 12.1 Å². The second-order valence-corrected chi connectivity index (χ2v) is 5.50. The zero-order chi connectivity index (χ0) is 11.3. The van der Waals surface area contributed by atoms with Crippen LogP contribution in [0.1, 0.15) is 12.5 Å². The third-order valence-electron chi connectivity index (χ3n) is 3.54. The Kier molecular flexibility index (Phi) is 3.79. The lowest BCUT2D eigenvalue weighted by atomic mass is 10.1. The molecule has 1 saturated heterocycles. The van der Waals surface area contributed by atoms with Crippen LogP contribution in [0.5, 0.6) is 0 Å². The number of anilines is 1. The first-order valence-electron chi connectivity index (χ1n) is 5.64. The van der Waals surface area contributed by atoms with Gasteiger partial charge in [-0.1, -0.05) is 23.2 Å². The van der Waals surface area contributed by atoms with Crippen LogP contribution in [0.4, 0.5) is 5.69 Å². The summed E-state index contributed by atoms with van der Waals surface area (Å²) >= 11 is 12.3. The van der Waals surface area contributed by atoms with Crippen molar-refractivity contribution >= 4 is 41.3 Å². The number of fused-ring (bicyclic) bond motifs is 3. The van der Waals surface area contributed by atoms with Crippen molar-refractivity contribution in [3.8, 4) is 0 Å². The summed E-state index contributed by atoms with van der Waals surface area (Å²) in [5.74, 6) is 0. The smallest absolute Gasteiger partial charge is 0.0474 e. The van der Waals surface area contributed by atoms with Gasteiger partial charge in [0.2, 0.25) is 0 Å². The van der Waals surface area contributed by atoms with Crippen molar-refractivity contribution in [1.29, 1.82) is 0 Å². The molecule has 2 aliphatic rings. The first-order valence-corrected chi connectivity index (χ1v) is 6.39. The Bertz CT molecular complexity index is 436. The number of rotatable bonds is 0. The molecule has 2 nitrogen and oxygen atoms in total. The van der Waals surface area contributed by atoms with Crippen molar-refractivity contribution in [2.75, 3.05) is 18.0 Å². The molecule has 2 unspecified atom stereocenters. The quantitative estimate of drug-likeness (QED) is 0.790. The molecule has 1 aromatic rings. The molecule has 1 aromatic carbocycles. The Labute approximate surface area is 118 Å². The minimum Gasteiger partial charge on any atom is -0.363 e. The fourth-order valence-corrected chi connectivity index (χ4v) is 3.44. The van der Waals surface area contributed by atoms with Gasteiger partial charge in [-0.3, -0.25) is 0 Å². The van der Waals surface area contributed by atoms with E-state index in [4.69, 9.17) is 23.2 Å². The molecule has 5 heteroatoms. The molecule has 94 valence electrons. The monoisotopic (exact) mass is 292 g/mol. The van der Waals surface area contributed by atoms with Crippen molar-refractivity contribution < 1.29 is 0 Å². The summed E-state index contributed by atoms with van der Waals surface area (Å²) < 4.78 is 0. The van der Waals surface area contributed by atoms with E-state index >= 15 is 0 Å². The molecule has 1 N–H and O–H groups in total. The van der Waals surface area contributed by atoms with Gasteiger partial charge in [-0.25, -0.2) is 0 Å². The molecular formula is C12H15Cl3N2. The van der Waals surface area contributed by atoms with E-state index in [2.05, 4.69) is 17.1 Å². The molecule has 0 saturated carbocycles. The Balaban J connectivity index is 0.00000108. The molecule has 0 bridgehead atoms. The third-order valence-corrected chi connectivity index (χ3v) is 4.10. The van der Waals surface area contributed by atoms with Crippen LogP contribution in [0.2, 0.25) is 10.0 Å². The number of nitrogens with one attached hydrogen (secondary N) is 1. The van der Waals surface area contributed by atoms with Crippen molar-refractivity contribution in [1.82, 2.24) is 5.32 Å². The van der Waals surface area contributed by atoms with Crippen molar-refractivity contribution in [3.63, 3.8) is 0 Å². The van der Waals surface area contributed by atoms with Gasteiger partial charge in [-0.2, -0.15) is 0 Å². The lowest BCUT2D eigenvalue weighted by Gasteiger charge is -2.38. The standard InChI is InChI=1S/C12H14Cl2N2.ClH/c1-7-5-15-6-9-4-10-11(14)2-8(13)3-12(10)16(7)9;/h2-3,7,9,15H,4-6H2,1H3;1H. The van der Waals surface area contributed by atoms with Crippen LogP contribution in [0.3, 0.4) is 0 Å². The largest absolute Gasteiger partial charge is 0.363 e. The molecule has 0 aliphatic carbocycles. The lowest BCUT2D eigenvalue weighted by molar-refractivity contribution is 0.430. The number of benzene rings is 1. The zero-order valence-corrected chi connectivity index (χ0v) is 11.9. The average molecular weight is 294 g/mol. The summed E-state index contributed by atoms with van der Waals surface area (Å²) in [6.07, 6.45) is 1.03. The van der Waals surface area contributed by atoms with Crippen LogP contribution in [0.15, 0.2) is 12.1 Å². The number of halogens is 3. The van der Waals surface area contributed by atoms with Gasteiger partial charge in [0, 0.05) is 40.9 Å². The average Bonchev–Trinajstić information content (AvgIpc) is 2.58. The van der Waals surface area contributed by atoms with Gasteiger partial charge in [0.15, 0.2) is 0 Å². The van der Waals surface area contributed by atoms with Gasteiger partial charge in [0.05, 0.1) is 0 Å². The maximum absolute atomic E-state index is 6.26. The first kappa shape index (κ1) is 13.3. The van der Waals surface area contributed by atoms with Crippen LogP contribution >= 0.6 is 35.6 Å². The normalized spacial score (nSPS) is 26.2. The molecule has 2 atom stereocenters. The van der Waals surface area contributed by atoms with Gasteiger partial charge < -0.3 is 10.2 Å². The van der Waals surface area contributed by atoms with Crippen LogP contribution < -0.4 is 10.2 Å². The molecule has 17 heavy (non-hydrogen) atoms. The highest BCUT2D eigenvalue weighted by molar-refractivity contribution is 6.35. The van der Waals surface area contributed by atoms with Crippen molar-refractivity contribution in [3.05, 3.63) is 27.7 Å². The number of hydrogen-bond acceptors (Lipinski definition) is 2. The van der Waals surface area contributed by atoms with E-state index in [9.17, 15) is 0 Å². The van der Waals surface area contributed by atoms with Gasteiger partial charge in [0.25, 0.3) is 0 Å². The fraction of sp³-hybridized carbons (Fsp3) is 0.500. The Morgan fingerprint density at radius 1 is 1.29 bits per heavy atom. The number of hydrogen-bond donors (Lipinski definition) is 1. The number of nitrogens with zero attached hydrogens (tertiary/aromatic N) is 1. The maximum atomic E-state index is 6.26. The van der Waals surface area contributed by atoms with Crippen LogP contribution in [0.25, 0.3) is 0 Å². The summed E-state index contributed by atoms with van der Waals surface area (Å²) in [7, 11) is 0. The summed E-state index contributed by atoms with van der Waals surface area (Å²) in [5.41, 5.74) is 2.49. The second-order valence-electron chi connectivity index (χ2n) is 4.66. The predicted octanol–water partition coefficient (Wildman–Crippen LogP) is 3.14. The third kappa shape index (κ3) is 2.12. The molecule has 1 fully saturated rings. The highest BCUT2D eigenvalue weighted by atomic mass is 35.5. The molecule has 2 heterocycles. The Hall–Kier alpha value is -0.150. The second kappa shape index (κ2) is 4.85. The molecule has 0 aromatic heterocycles. The van der Waals surface area contributed by atoms with E-state index < -0.39 is 0 Å². The van der Waals surface area contributed by atoms with E-state index in [-0.39, 0.29) is 12.4 Å². The SMILES string of the molecule is CC1CNCC2Cc3c(Cl)cc(Cl)cc3N12.Cl. The summed E-state index contributed by atoms with van der Waals surface area (Å²) in [5, 5.41) is 5.00. The van der Waals surface area contributed by atoms with Crippen LogP contribution in [0, 0.1) is 0 Å². The molecule has 0 radical (unpaired) electrons.